The Kier molecular flexibility index (Phi) is 6.68. The van der Waals surface area contributed by atoms with Crippen molar-refractivity contribution in [2.75, 3.05) is 11.9 Å². The predicted molar refractivity (Wildman–Crippen MR) is 134 cm³/mol. The average Bonchev–Trinajstić information content (AvgIpc) is 3.29. The molecule has 1 atom stereocenters. The molecule has 2 amide bonds. The van der Waals surface area contributed by atoms with E-state index in [1.54, 1.807) is 0 Å². The van der Waals surface area contributed by atoms with Crippen LogP contribution < -0.4 is 5.32 Å². The molecule has 3 aromatic rings. The maximum Gasteiger partial charge on any atom is 0.410 e. The summed E-state index contributed by atoms with van der Waals surface area (Å²) in [5, 5.41) is 2.96. The summed E-state index contributed by atoms with van der Waals surface area (Å²) in [6.45, 7) is 8.01. The molecular weight excluding hydrogens is 426 g/mol. The van der Waals surface area contributed by atoms with Gasteiger partial charge in [0, 0.05) is 12.1 Å². The number of carbonyl (C=O) groups excluding carboxylic acids is 2. The second-order valence-electron chi connectivity index (χ2n) is 9.68. The van der Waals surface area contributed by atoms with Crippen LogP contribution in [0.15, 0.2) is 66.7 Å². The smallest absolute Gasteiger partial charge is 0.410 e. The van der Waals surface area contributed by atoms with Gasteiger partial charge in [0.15, 0.2) is 0 Å². The Balaban J connectivity index is 1.63. The molecule has 1 aliphatic heterocycles. The van der Waals surface area contributed by atoms with Gasteiger partial charge in [-0.15, -0.1) is 0 Å². The van der Waals surface area contributed by atoms with Crippen LogP contribution in [0.5, 0.6) is 0 Å². The van der Waals surface area contributed by atoms with Crippen LogP contribution in [0.3, 0.4) is 0 Å². The largest absolute Gasteiger partial charge is 0.444 e. The van der Waals surface area contributed by atoms with Gasteiger partial charge < -0.3 is 10.1 Å². The van der Waals surface area contributed by atoms with E-state index in [2.05, 4.69) is 36.5 Å². The first-order valence-electron chi connectivity index (χ1n) is 11.6. The lowest BCUT2D eigenvalue weighted by Crippen LogP contribution is -2.45. The third-order valence-electron chi connectivity index (χ3n) is 5.71. The summed E-state index contributed by atoms with van der Waals surface area (Å²) < 4.78 is 5.51. The fraction of sp³-hybridized carbons (Fsp3) is 0.321. The van der Waals surface area contributed by atoms with E-state index in [1.807, 2.05) is 63.2 Å². The summed E-state index contributed by atoms with van der Waals surface area (Å²) in [6, 6.07) is 21.4. The number of aryl methyl sites for hydroxylation is 1. The molecule has 34 heavy (non-hydrogen) atoms. The molecule has 0 radical (unpaired) electrons. The summed E-state index contributed by atoms with van der Waals surface area (Å²) in [5.74, 6) is 0.203. The third-order valence-corrected chi connectivity index (χ3v) is 5.71. The third kappa shape index (κ3) is 5.63. The lowest BCUT2D eigenvalue weighted by atomic mass is 10.0. The Morgan fingerprint density at radius 1 is 0.971 bits per heavy atom. The van der Waals surface area contributed by atoms with E-state index in [0.29, 0.717) is 18.8 Å². The quantitative estimate of drug-likeness (QED) is 0.517. The zero-order valence-electron chi connectivity index (χ0n) is 20.2. The van der Waals surface area contributed by atoms with Gasteiger partial charge in [0.2, 0.25) is 5.91 Å². The number of carbonyl (C=O) groups is 2. The van der Waals surface area contributed by atoms with E-state index in [9.17, 15) is 9.59 Å². The van der Waals surface area contributed by atoms with Gasteiger partial charge in [0.1, 0.15) is 17.5 Å². The maximum atomic E-state index is 13.2. The minimum absolute atomic E-state index is 0.254. The monoisotopic (exact) mass is 457 g/mol. The Morgan fingerprint density at radius 3 is 2.35 bits per heavy atom. The second kappa shape index (κ2) is 9.67. The lowest BCUT2D eigenvalue weighted by molar-refractivity contribution is -0.120. The zero-order chi connectivity index (χ0) is 24.3. The van der Waals surface area contributed by atoms with Crippen molar-refractivity contribution in [3.8, 4) is 22.4 Å². The number of benzene rings is 2. The highest BCUT2D eigenvalue weighted by Gasteiger charge is 2.36. The predicted octanol–water partition coefficient (Wildman–Crippen LogP) is 6.06. The summed E-state index contributed by atoms with van der Waals surface area (Å²) in [5.41, 5.74) is 4.29. The summed E-state index contributed by atoms with van der Waals surface area (Å²) in [4.78, 5) is 32.1. The summed E-state index contributed by atoms with van der Waals surface area (Å²) in [6.07, 6.45) is 0.883. The highest BCUT2D eigenvalue weighted by atomic mass is 16.6. The van der Waals surface area contributed by atoms with Gasteiger partial charge in [-0.05, 0) is 63.8 Å². The number of nitrogens with one attached hydrogen (secondary N) is 1. The molecule has 6 nitrogen and oxygen atoms in total. The number of likely N-dealkylation sites (tertiary alicyclic amines) is 1. The van der Waals surface area contributed by atoms with Gasteiger partial charge in [-0.25, -0.2) is 9.78 Å². The van der Waals surface area contributed by atoms with Crippen LogP contribution in [0.2, 0.25) is 0 Å². The topological polar surface area (TPSA) is 71.5 Å². The van der Waals surface area contributed by atoms with Crippen molar-refractivity contribution >= 4 is 17.8 Å². The number of nitrogens with zero attached hydrogens (tertiary/aromatic N) is 2. The fourth-order valence-corrected chi connectivity index (χ4v) is 4.05. The van der Waals surface area contributed by atoms with Crippen molar-refractivity contribution in [2.45, 2.75) is 52.2 Å². The van der Waals surface area contributed by atoms with Gasteiger partial charge in [0.05, 0.1) is 5.69 Å². The highest BCUT2D eigenvalue weighted by Crippen LogP contribution is 2.29. The van der Waals surface area contributed by atoms with Gasteiger partial charge in [-0.2, -0.15) is 0 Å². The van der Waals surface area contributed by atoms with Gasteiger partial charge in [-0.3, -0.25) is 9.69 Å². The van der Waals surface area contributed by atoms with Crippen molar-refractivity contribution in [3.63, 3.8) is 0 Å². The van der Waals surface area contributed by atoms with E-state index >= 15 is 0 Å². The number of anilines is 1. The normalized spacial score (nSPS) is 15.8. The van der Waals surface area contributed by atoms with Gasteiger partial charge in [-0.1, -0.05) is 60.2 Å². The number of hydrogen-bond acceptors (Lipinski definition) is 4. The summed E-state index contributed by atoms with van der Waals surface area (Å²) >= 11 is 0. The van der Waals surface area contributed by atoms with Crippen LogP contribution >= 0.6 is 0 Å². The molecule has 1 saturated heterocycles. The number of ether oxygens (including phenoxy) is 1. The molecule has 0 spiro atoms. The Bertz CT molecular complexity index is 1170. The zero-order valence-corrected chi connectivity index (χ0v) is 20.2. The van der Waals surface area contributed by atoms with Crippen molar-refractivity contribution in [1.29, 1.82) is 0 Å². The van der Waals surface area contributed by atoms with Crippen LogP contribution in [-0.4, -0.2) is 40.1 Å². The molecule has 0 saturated carbocycles. The number of amides is 2. The van der Waals surface area contributed by atoms with Gasteiger partial charge >= 0.3 is 6.09 Å². The molecule has 2 aromatic carbocycles. The van der Waals surface area contributed by atoms with Crippen molar-refractivity contribution in [1.82, 2.24) is 9.88 Å². The number of rotatable bonds is 4. The van der Waals surface area contributed by atoms with Crippen LogP contribution in [0, 0.1) is 6.92 Å². The van der Waals surface area contributed by atoms with E-state index in [1.165, 1.54) is 10.5 Å². The molecule has 6 heteroatoms. The van der Waals surface area contributed by atoms with Crippen LogP contribution in [-0.2, 0) is 9.53 Å². The first-order chi connectivity index (χ1) is 16.2. The maximum absolute atomic E-state index is 13.2. The molecule has 0 bridgehead atoms. The van der Waals surface area contributed by atoms with E-state index in [0.717, 1.165) is 28.8 Å². The average molecular weight is 458 g/mol. The minimum Gasteiger partial charge on any atom is -0.444 e. The Hall–Kier alpha value is -3.67. The Labute approximate surface area is 201 Å². The molecule has 1 fully saturated rings. The molecule has 1 aromatic heterocycles. The first kappa shape index (κ1) is 23.5. The molecule has 1 N–H and O–H groups in total. The van der Waals surface area contributed by atoms with Crippen LogP contribution in [0.4, 0.5) is 10.6 Å². The molecule has 176 valence electrons. The fourth-order valence-electron chi connectivity index (χ4n) is 4.05. The van der Waals surface area contributed by atoms with E-state index in [-0.39, 0.29) is 5.91 Å². The molecular formula is C28H31N3O3. The first-order valence-corrected chi connectivity index (χ1v) is 11.6. The summed E-state index contributed by atoms with van der Waals surface area (Å²) in [7, 11) is 0. The molecule has 0 aliphatic carbocycles. The Morgan fingerprint density at radius 2 is 1.68 bits per heavy atom. The number of aromatic nitrogens is 1. The van der Waals surface area contributed by atoms with Crippen LogP contribution in [0.25, 0.3) is 22.4 Å². The standard InChI is InChI=1S/C28H31N3O3/c1-19-12-14-20(15-13-19)22-17-23(21-9-6-5-7-10-21)29-25(18-22)30-26(32)24-11-8-16-31(24)27(33)34-28(2,3)4/h5-7,9-10,12-15,17-18,24H,8,11,16H2,1-4H3,(H,29,30,32)/t24-/m0/s1. The number of pyridine rings is 1. The lowest BCUT2D eigenvalue weighted by Gasteiger charge is -2.28. The van der Waals surface area contributed by atoms with E-state index < -0.39 is 17.7 Å². The molecule has 1 aliphatic rings. The highest BCUT2D eigenvalue weighted by molar-refractivity contribution is 5.97. The minimum atomic E-state index is -0.616. The van der Waals surface area contributed by atoms with E-state index in [4.69, 9.17) is 9.72 Å². The van der Waals surface area contributed by atoms with Crippen molar-refractivity contribution in [3.05, 3.63) is 72.3 Å². The number of hydrogen-bond donors (Lipinski definition) is 1. The molecule has 4 rings (SSSR count). The molecule has 0 unspecified atom stereocenters. The van der Waals surface area contributed by atoms with Gasteiger partial charge in [0.25, 0.3) is 0 Å². The second-order valence-corrected chi connectivity index (χ2v) is 9.68. The molecule has 2 heterocycles. The van der Waals surface area contributed by atoms with Crippen molar-refractivity contribution in [2.24, 2.45) is 0 Å². The van der Waals surface area contributed by atoms with Crippen molar-refractivity contribution < 1.29 is 14.3 Å². The SMILES string of the molecule is Cc1ccc(-c2cc(NC(=O)[C@@H]3CCCN3C(=O)OC(C)(C)C)nc(-c3ccccc3)c2)cc1. The van der Waals surface area contributed by atoms with Crippen LogP contribution in [0.1, 0.15) is 39.2 Å².